The Hall–Kier alpha value is -4.91. The van der Waals surface area contributed by atoms with E-state index in [0.717, 1.165) is 35.3 Å². The van der Waals surface area contributed by atoms with Crippen molar-refractivity contribution in [3.63, 3.8) is 0 Å². The van der Waals surface area contributed by atoms with Gasteiger partial charge in [-0.2, -0.15) is 20.6 Å². The molecule has 1 aliphatic rings. The Kier molecular flexibility index (Phi) is 5.04. The van der Waals surface area contributed by atoms with Crippen LogP contribution >= 0.6 is 0 Å². The second-order valence-corrected chi connectivity index (χ2v) is 8.74. The van der Waals surface area contributed by atoms with Crippen molar-refractivity contribution < 1.29 is 9.53 Å². The summed E-state index contributed by atoms with van der Waals surface area (Å²) in [5, 5.41) is 26.8. The van der Waals surface area contributed by atoms with Crippen LogP contribution in [0.25, 0.3) is 22.6 Å². The van der Waals surface area contributed by atoms with Gasteiger partial charge in [0.15, 0.2) is 11.6 Å². The molecule has 0 amide bonds. The number of ether oxygens (including phenoxy) is 1. The summed E-state index contributed by atoms with van der Waals surface area (Å²) in [7, 11) is 0. The Morgan fingerprint density at radius 3 is 2.72 bits per heavy atom. The Labute approximate surface area is 205 Å². The fourth-order valence-electron chi connectivity index (χ4n) is 4.04. The molecule has 0 radical (unpaired) electrons. The van der Waals surface area contributed by atoms with E-state index in [2.05, 4.69) is 26.5 Å². The van der Waals surface area contributed by atoms with Gasteiger partial charge in [-0.3, -0.25) is 4.79 Å². The maximum absolute atomic E-state index is 12.4. The van der Waals surface area contributed by atoms with E-state index in [1.807, 2.05) is 25.1 Å². The van der Waals surface area contributed by atoms with Crippen molar-refractivity contribution in [2.45, 2.75) is 32.6 Å². The fourth-order valence-corrected chi connectivity index (χ4v) is 4.04. The molecule has 1 saturated carbocycles. The van der Waals surface area contributed by atoms with Crippen molar-refractivity contribution in [2.24, 2.45) is 0 Å². The van der Waals surface area contributed by atoms with Crippen LogP contribution < -0.4 is 4.74 Å². The first kappa shape index (κ1) is 21.6. The zero-order valence-electron chi connectivity index (χ0n) is 19.6. The average Bonchev–Trinajstić information content (AvgIpc) is 3.51. The Morgan fingerprint density at radius 2 is 2.00 bits per heavy atom. The summed E-state index contributed by atoms with van der Waals surface area (Å²) in [6, 6.07) is 14.7. The average molecular weight is 477 g/mol. The third kappa shape index (κ3) is 3.86. The largest absolute Gasteiger partial charge is 0.436 e. The number of Topliss-reactive ketones (excluding diaryl/α,β-unsaturated/α-hetero) is 1. The zero-order valence-corrected chi connectivity index (χ0v) is 19.6. The van der Waals surface area contributed by atoms with Crippen LogP contribution in [0.3, 0.4) is 0 Å². The van der Waals surface area contributed by atoms with Gasteiger partial charge in [-0.05, 0) is 63.1 Å². The molecular formula is C26H20N8O2. The normalized spacial score (nSPS) is 13.0. The summed E-state index contributed by atoms with van der Waals surface area (Å²) >= 11 is 0. The number of fused-ring (bicyclic) bond motifs is 1. The van der Waals surface area contributed by atoms with E-state index in [0.29, 0.717) is 40.3 Å². The van der Waals surface area contributed by atoms with Gasteiger partial charge in [-0.1, -0.05) is 0 Å². The minimum Gasteiger partial charge on any atom is -0.436 e. The SMILES string of the molecule is CC(=O)c1ccc(-c2cnn3cc(Oc4ccc(C)nn4)ccc23)nc1-n1nc(C2CC2)cc1C#N. The summed E-state index contributed by atoms with van der Waals surface area (Å²) in [4.78, 5) is 17.2. The predicted octanol–water partition coefficient (Wildman–Crippen LogP) is 4.42. The lowest BCUT2D eigenvalue weighted by atomic mass is 10.1. The maximum atomic E-state index is 12.4. The quantitative estimate of drug-likeness (QED) is 0.330. The van der Waals surface area contributed by atoms with Crippen LogP contribution in [0.4, 0.5) is 0 Å². The third-order valence-corrected chi connectivity index (χ3v) is 6.05. The molecule has 5 aromatic rings. The van der Waals surface area contributed by atoms with Gasteiger partial charge < -0.3 is 4.74 Å². The van der Waals surface area contributed by atoms with Crippen molar-refractivity contribution in [1.29, 1.82) is 5.26 Å². The molecule has 5 aromatic heterocycles. The van der Waals surface area contributed by atoms with Gasteiger partial charge >= 0.3 is 0 Å². The third-order valence-electron chi connectivity index (χ3n) is 6.05. The number of hydrogen-bond donors (Lipinski definition) is 0. The smallest absolute Gasteiger partial charge is 0.238 e. The van der Waals surface area contributed by atoms with Crippen LogP contribution in [-0.2, 0) is 0 Å². The van der Waals surface area contributed by atoms with Crippen LogP contribution in [0.2, 0.25) is 0 Å². The minimum absolute atomic E-state index is 0.155. The first-order valence-electron chi connectivity index (χ1n) is 11.5. The molecule has 5 heterocycles. The summed E-state index contributed by atoms with van der Waals surface area (Å²) in [5.74, 6) is 1.48. The number of nitrogens with zero attached hydrogens (tertiary/aromatic N) is 8. The highest BCUT2D eigenvalue weighted by Crippen LogP contribution is 2.40. The molecule has 0 atom stereocenters. The van der Waals surface area contributed by atoms with Crippen LogP contribution in [0.5, 0.6) is 11.6 Å². The zero-order chi connectivity index (χ0) is 24.8. The van der Waals surface area contributed by atoms with Crippen LogP contribution in [0.1, 0.15) is 53.1 Å². The molecule has 6 rings (SSSR count). The molecule has 0 spiro atoms. The maximum Gasteiger partial charge on any atom is 0.238 e. The van der Waals surface area contributed by atoms with Gasteiger partial charge in [0.25, 0.3) is 0 Å². The number of aromatic nitrogens is 7. The number of aryl methyl sites for hydroxylation is 1. The second-order valence-electron chi connectivity index (χ2n) is 8.74. The minimum atomic E-state index is -0.155. The highest BCUT2D eigenvalue weighted by atomic mass is 16.5. The van der Waals surface area contributed by atoms with E-state index in [4.69, 9.17) is 9.72 Å². The molecule has 0 aliphatic heterocycles. The Morgan fingerprint density at radius 1 is 1.14 bits per heavy atom. The number of ketones is 1. The Bertz CT molecular complexity index is 1670. The second kappa shape index (κ2) is 8.39. The van der Waals surface area contributed by atoms with Gasteiger partial charge in [0.1, 0.15) is 17.5 Å². The number of carbonyl (C=O) groups is 1. The van der Waals surface area contributed by atoms with Crippen LogP contribution in [0, 0.1) is 18.3 Å². The van der Waals surface area contributed by atoms with Crippen molar-refractivity contribution in [2.75, 3.05) is 0 Å². The predicted molar refractivity (Wildman–Crippen MR) is 129 cm³/mol. The molecular weight excluding hydrogens is 456 g/mol. The van der Waals surface area contributed by atoms with Gasteiger partial charge in [0.05, 0.1) is 40.6 Å². The van der Waals surface area contributed by atoms with Crippen molar-refractivity contribution in [1.82, 2.24) is 34.6 Å². The van der Waals surface area contributed by atoms with Crippen molar-refractivity contribution in [3.05, 3.63) is 77.5 Å². The molecule has 1 fully saturated rings. The molecule has 10 nitrogen and oxygen atoms in total. The van der Waals surface area contributed by atoms with E-state index >= 15 is 0 Å². The Balaban J connectivity index is 1.40. The number of hydrogen-bond acceptors (Lipinski definition) is 8. The highest BCUT2D eigenvalue weighted by molar-refractivity contribution is 5.97. The number of pyridine rings is 2. The lowest BCUT2D eigenvalue weighted by Gasteiger charge is -2.10. The molecule has 0 bridgehead atoms. The summed E-state index contributed by atoms with van der Waals surface area (Å²) in [6.07, 6.45) is 5.56. The summed E-state index contributed by atoms with van der Waals surface area (Å²) < 4.78 is 8.97. The van der Waals surface area contributed by atoms with Crippen LogP contribution in [0.15, 0.2) is 54.9 Å². The topological polar surface area (TPSA) is 124 Å². The van der Waals surface area contributed by atoms with Crippen LogP contribution in [-0.4, -0.2) is 40.4 Å². The molecule has 36 heavy (non-hydrogen) atoms. The standard InChI is InChI=1S/C26H20N8O2/c1-15-3-10-25(31-30-15)36-19-6-9-24-21(13-28-33(24)14-19)22-8-7-20(16(2)35)26(29-22)34-18(12-27)11-23(32-34)17-4-5-17/h3,6-11,13-14,17H,4-5H2,1-2H3. The number of nitriles is 1. The first-order chi connectivity index (χ1) is 17.5. The number of carbonyl (C=O) groups excluding carboxylic acids is 1. The van der Waals surface area contributed by atoms with Gasteiger partial charge in [-0.15, -0.1) is 5.10 Å². The van der Waals surface area contributed by atoms with Gasteiger partial charge in [-0.25, -0.2) is 14.2 Å². The van der Waals surface area contributed by atoms with E-state index in [9.17, 15) is 10.1 Å². The molecule has 0 N–H and O–H groups in total. The van der Waals surface area contributed by atoms with E-state index in [1.165, 1.54) is 11.6 Å². The summed E-state index contributed by atoms with van der Waals surface area (Å²) in [6.45, 7) is 3.34. The lowest BCUT2D eigenvalue weighted by Crippen LogP contribution is -2.10. The van der Waals surface area contributed by atoms with Gasteiger partial charge in [0.2, 0.25) is 5.88 Å². The van der Waals surface area contributed by atoms with Crippen molar-refractivity contribution in [3.8, 4) is 34.8 Å². The first-order valence-corrected chi connectivity index (χ1v) is 11.5. The van der Waals surface area contributed by atoms with E-state index in [-0.39, 0.29) is 5.78 Å². The molecule has 1 aliphatic carbocycles. The fraction of sp³-hybridized carbons (Fsp3) is 0.192. The molecule has 176 valence electrons. The number of rotatable bonds is 6. The molecule has 0 aromatic carbocycles. The lowest BCUT2D eigenvalue weighted by molar-refractivity contribution is 0.101. The highest BCUT2D eigenvalue weighted by Gasteiger charge is 2.28. The monoisotopic (exact) mass is 476 g/mol. The molecule has 0 saturated heterocycles. The summed E-state index contributed by atoms with van der Waals surface area (Å²) in [5.41, 5.74) is 4.58. The van der Waals surface area contributed by atoms with E-state index in [1.54, 1.807) is 41.2 Å². The van der Waals surface area contributed by atoms with Gasteiger partial charge in [0, 0.05) is 17.5 Å². The molecule has 0 unspecified atom stereocenters. The molecule has 10 heteroatoms. The van der Waals surface area contributed by atoms with Crippen molar-refractivity contribution >= 4 is 11.3 Å². The van der Waals surface area contributed by atoms with E-state index < -0.39 is 0 Å².